The Morgan fingerprint density at radius 2 is 1.92 bits per heavy atom. The van der Waals surface area contributed by atoms with Crippen LogP contribution in [-0.2, 0) is 11.2 Å². The predicted octanol–water partition coefficient (Wildman–Crippen LogP) is 3.50. The largest absolute Gasteiger partial charge is 0.380 e. The van der Waals surface area contributed by atoms with Gasteiger partial charge in [-0.3, -0.25) is 0 Å². The summed E-state index contributed by atoms with van der Waals surface area (Å²) in [7, 11) is 0. The van der Waals surface area contributed by atoms with Crippen molar-refractivity contribution in [3.63, 3.8) is 0 Å². The Morgan fingerprint density at radius 3 is 2.72 bits per heavy atom. The van der Waals surface area contributed by atoms with Crippen molar-refractivity contribution in [2.24, 2.45) is 0 Å². The van der Waals surface area contributed by atoms with Crippen LogP contribution in [0.3, 0.4) is 0 Å². The number of nitrogens with zero attached hydrogens (tertiary/aromatic N) is 2. The molecule has 1 saturated heterocycles. The quantitative estimate of drug-likeness (QED) is 0.784. The standard InChI is InChI=1S/C21H29N3O/c1-15-6-8-18(9-7-15)20-10-11-22-21(20)14-25-12-4-5-19-13-16(2)23-24-17(19)3/h6-9,13,20-22H,4-5,10-12,14H2,1-3H3/t20-,21-/m1/s1. The summed E-state index contributed by atoms with van der Waals surface area (Å²) in [5.74, 6) is 0.565. The molecule has 4 heteroatoms. The second-order valence-electron chi connectivity index (χ2n) is 7.14. The Balaban J connectivity index is 1.43. The molecule has 1 N–H and O–H groups in total. The minimum Gasteiger partial charge on any atom is -0.380 e. The Labute approximate surface area is 151 Å². The van der Waals surface area contributed by atoms with Crippen molar-refractivity contribution in [1.82, 2.24) is 15.5 Å². The lowest BCUT2D eigenvalue weighted by Crippen LogP contribution is -2.31. The highest BCUT2D eigenvalue weighted by Gasteiger charge is 2.28. The molecule has 0 bridgehead atoms. The summed E-state index contributed by atoms with van der Waals surface area (Å²) in [4.78, 5) is 0. The van der Waals surface area contributed by atoms with Crippen LogP contribution in [0.4, 0.5) is 0 Å². The monoisotopic (exact) mass is 339 g/mol. The first kappa shape index (κ1) is 18.0. The molecule has 0 amide bonds. The number of aryl methyl sites for hydroxylation is 4. The first-order valence-corrected chi connectivity index (χ1v) is 9.31. The molecule has 0 spiro atoms. The number of ether oxygens (including phenoxy) is 1. The van der Waals surface area contributed by atoms with Crippen molar-refractivity contribution in [2.75, 3.05) is 19.8 Å². The Kier molecular flexibility index (Phi) is 6.16. The van der Waals surface area contributed by atoms with Crippen molar-refractivity contribution in [2.45, 2.75) is 52.0 Å². The highest BCUT2D eigenvalue weighted by molar-refractivity contribution is 5.26. The number of aromatic nitrogens is 2. The average Bonchev–Trinajstić information content (AvgIpc) is 3.07. The van der Waals surface area contributed by atoms with Gasteiger partial charge in [-0.25, -0.2) is 0 Å². The molecule has 1 fully saturated rings. The van der Waals surface area contributed by atoms with Crippen LogP contribution in [-0.4, -0.2) is 36.0 Å². The van der Waals surface area contributed by atoms with E-state index in [4.69, 9.17) is 4.74 Å². The summed E-state index contributed by atoms with van der Waals surface area (Å²) in [6.45, 7) is 8.80. The van der Waals surface area contributed by atoms with E-state index in [-0.39, 0.29) is 0 Å². The SMILES string of the molecule is Cc1ccc([C@H]2CCN[C@@H]2COCCCc2cc(C)nnc2C)cc1. The van der Waals surface area contributed by atoms with Gasteiger partial charge in [0.15, 0.2) is 0 Å². The molecule has 0 unspecified atom stereocenters. The van der Waals surface area contributed by atoms with E-state index >= 15 is 0 Å². The molecule has 1 aromatic heterocycles. The van der Waals surface area contributed by atoms with E-state index in [9.17, 15) is 0 Å². The second kappa shape index (κ2) is 8.54. The minimum atomic E-state index is 0.425. The number of benzene rings is 1. The first-order valence-electron chi connectivity index (χ1n) is 9.31. The average molecular weight is 339 g/mol. The van der Waals surface area contributed by atoms with Gasteiger partial charge in [0, 0.05) is 18.6 Å². The minimum absolute atomic E-state index is 0.425. The summed E-state index contributed by atoms with van der Waals surface area (Å²) in [5.41, 5.74) is 6.05. The molecule has 0 aliphatic carbocycles. The van der Waals surface area contributed by atoms with Gasteiger partial charge in [-0.2, -0.15) is 10.2 Å². The molecule has 2 aromatic rings. The molecule has 25 heavy (non-hydrogen) atoms. The fourth-order valence-electron chi connectivity index (χ4n) is 3.59. The van der Waals surface area contributed by atoms with Gasteiger partial charge in [-0.1, -0.05) is 29.8 Å². The third-order valence-corrected chi connectivity index (χ3v) is 5.09. The van der Waals surface area contributed by atoms with Crippen molar-refractivity contribution in [3.8, 4) is 0 Å². The van der Waals surface area contributed by atoms with E-state index in [1.807, 2.05) is 13.8 Å². The van der Waals surface area contributed by atoms with Crippen molar-refractivity contribution in [1.29, 1.82) is 0 Å². The van der Waals surface area contributed by atoms with Crippen molar-refractivity contribution >= 4 is 0 Å². The Bertz CT molecular complexity index is 684. The van der Waals surface area contributed by atoms with Gasteiger partial charge in [0.25, 0.3) is 0 Å². The Hall–Kier alpha value is -1.78. The van der Waals surface area contributed by atoms with Crippen LogP contribution < -0.4 is 5.32 Å². The van der Waals surface area contributed by atoms with Crippen molar-refractivity contribution < 1.29 is 4.74 Å². The highest BCUT2D eigenvalue weighted by atomic mass is 16.5. The van der Waals surface area contributed by atoms with E-state index in [2.05, 4.69) is 52.8 Å². The van der Waals surface area contributed by atoms with Gasteiger partial charge in [0.2, 0.25) is 0 Å². The zero-order valence-corrected chi connectivity index (χ0v) is 15.6. The van der Waals surface area contributed by atoms with Crippen LogP contribution >= 0.6 is 0 Å². The fraction of sp³-hybridized carbons (Fsp3) is 0.524. The lowest BCUT2D eigenvalue weighted by molar-refractivity contribution is 0.110. The van der Waals surface area contributed by atoms with Gasteiger partial charge in [-0.05, 0) is 63.8 Å². The molecule has 2 heterocycles. The zero-order valence-electron chi connectivity index (χ0n) is 15.6. The molecule has 0 radical (unpaired) electrons. The summed E-state index contributed by atoms with van der Waals surface area (Å²) in [6.07, 6.45) is 3.22. The van der Waals surface area contributed by atoms with Gasteiger partial charge < -0.3 is 10.1 Å². The fourth-order valence-corrected chi connectivity index (χ4v) is 3.59. The van der Waals surface area contributed by atoms with Gasteiger partial charge in [0.1, 0.15) is 0 Å². The first-order chi connectivity index (χ1) is 12.1. The summed E-state index contributed by atoms with van der Waals surface area (Å²) < 4.78 is 5.99. The Morgan fingerprint density at radius 1 is 1.12 bits per heavy atom. The molecule has 3 rings (SSSR count). The van der Waals surface area contributed by atoms with Gasteiger partial charge in [-0.15, -0.1) is 0 Å². The maximum absolute atomic E-state index is 5.99. The van der Waals surface area contributed by atoms with Crippen LogP contribution in [0.2, 0.25) is 0 Å². The summed E-state index contributed by atoms with van der Waals surface area (Å²) >= 11 is 0. The van der Waals surface area contributed by atoms with E-state index in [0.717, 1.165) is 44.0 Å². The smallest absolute Gasteiger partial charge is 0.0632 e. The summed E-state index contributed by atoms with van der Waals surface area (Å²) in [5, 5.41) is 11.9. The normalized spacial score (nSPS) is 20.1. The van der Waals surface area contributed by atoms with Crippen LogP contribution in [0.1, 0.15) is 46.8 Å². The van der Waals surface area contributed by atoms with E-state index in [1.54, 1.807) is 0 Å². The molecule has 1 aromatic carbocycles. The van der Waals surface area contributed by atoms with E-state index in [0.29, 0.717) is 12.0 Å². The molecule has 1 aliphatic rings. The van der Waals surface area contributed by atoms with Gasteiger partial charge in [0.05, 0.1) is 18.0 Å². The molecule has 4 nitrogen and oxygen atoms in total. The van der Waals surface area contributed by atoms with Crippen LogP contribution in [0, 0.1) is 20.8 Å². The number of hydrogen-bond donors (Lipinski definition) is 1. The molecule has 134 valence electrons. The lowest BCUT2D eigenvalue weighted by atomic mass is 9.92. The van der Waals surface area contributed by atoms with E-state index in [1.165, 1.54) is 23.1 Å². The molecular weight excluding hydrogens is 310 g/mol. The highest BCUT2D eigenvalue weighted by Crippen LogP contribution is 2.28. The third-order valence-electron chi connectivity index (χ3n) is 5.09. The lowest BCUT2D eigenvalue weighted by Gasteiger charge is -2.20. The number of nitrogens with one attached hydrogen (secondary N) is 1. The van der Waals surface area contributed by atoms with Gasteiger partial charge >= 0.3 is 0 Å². The third kappa shape index (κ3) is 4.86. The van der Waals surface area contributed by atoms with E-state index < -0.39 is 0 Å². The van der Waals surface area contributed by atoms with Crippen LogP contribution in [0.15, 0.2) is 30.3 Å². The van der Waals surface area contributed by atoms with Crippen LogP contribution in [0.25, 0.3) is 0 Å². The van der Waals surface area contributed by atoms with Crippen LogP contribution in [0.5, 0.6) is 0 Å². The predicted molar refractivity (Wildman–Crippen MR) is 101 cm³/mol. The molecule has 0 saturated carbocycles. The van der Waals surface area contributed by atoms with Crippen molar-refractivity contribution in [3.05, 3.63) is 58.4 Å². The number of rotatable bonds is 7. The molecule has 2 atom stereocenters. The summed E-state index contributed by atoms with van der Waals surface area (Å²) in [6, 6.07) is 11.5. The molecular formula is C21H29N3O. The maximum atomic E-state index is 5.99. The zero-order chi connectivity index (χ0) is 17.6. The second-order valence-corrected chi connectivity index (χ2v) is 7.14. The maximum Gasteiger partial charge on any atom is 0.0632 e. The number of hydrogen-bond acceptors (Lipinski definition) is 4. The topological polar surface area (TPSA) is 47.0 Å². The molecule has 1 aliphatic heterocycles.